The molecule has 0 amide bonds. The lowest BCUT2D eigenvalue weighted by molar-refractivity contribution is 0.406. The van der Waals surface area contributed by atoms with Crippen LogP contribution in [0, 0.1) is 0 Å². The molecule has 0 bridgehead atoms. The maximum absolute atomic E-state index is 6.44. The fraction of sp³-hybridized carbons (Fsp3) is 0.294. The van der Waals surface area contributed by atoms with E-state index in [-0.39, 0.29) is 11.5 Å². The van der Waals surface area contributed by atoms with Gasteiger partial charge in [0.15, 0.2) is 0 Å². The average Bonchev–Trinajstić information content (AvgIpc) is 2.43. The zero-order valence-electron chi connectivity index (χ0n) is 11.7. The third-order valence-electron chi connectivity index (χ3n) is 3.93. The predicted molar refractivity (Wildman–Crippen MR) is 87.6 cm³/mol. The fourth-order valence-corrected chi connectivity index (χ4v) is 2.84. The summed E-state index contributed by atoms with van der Waals surface area (Å²) in [6.07, 6.45) is 0.653. The highest BCUT2D eigenvalue weighted by molar-refractivity contribution is 6.36. The standard InChI is InChI=1S/C17H19Cl2N/c1-17(2,12-7-4-3-5-8-12)16(20)11-13-14(18)9-6-10-15(13)19/h3-10,16H,11,20H2,1-2H3. The van der Waals surface area contributed by atoms with Gasteiger partial charge in [-0.2, -0.15) is 0 Å². The Morgan fingerprint density at radius 2 is 1.50 bits per heavy atom. The zero-order chi connectivity index (χ0) is 14.8. The Kier molecular flexibility index (Phi) is 4.74. The summed E-state index contributed by atoms with van der Waals surface area (Å²) in [4.78, 5) is 0. The molecule has 0 aromatic heterocycles. The van der Waals surface area contributed by atoms with Gasteiger partial charge >= 0.3 is 0 Å². The van der Waals surface area contributed by atoms with Crippen LogP contribution in [0.25, 0.3) is 0 Å². The lowest BCUT2D eigenvalue weighted by Gasteiger charge is -2.32. The van der Waals surface area contributed by atoms with Gasteiger partial charge in [-0.3, -0.25) is 0 Å². The third-order valence-corrected chi connectivity index (χ3v) is 4.64. The van der Waals surface area contributed by atoms with Crippen molar-refractivity contribution < 1.29 is 0 Å². The summed E-state index contributed by atoms with van der Waals surface area (Å²) < 4.78 is 0. The monoisotopic (exact) mass is 307 g/mol. The van der Waals surface area contributed by atoms with Crippen LogP contribution in [0.5, 0.6) is 0 Å². The summed E-state index contributed by atoms with van der Waals surface area (Å²) in [6.45, 7) is 4.30. The van der Waals surface area contributed by atoms with E-state index in [1.807, 2.05) is 36.4 Å². The first-order valence-electron chi connectivity index (χ1n) is 6.67. The van der Waals surface area contributed by atoms with Crippen molar-refractivity contribution in [3.05, 3.63) is 69.7 Å². The molecule has 20 heavy (non-hydrogen) atoms. The minimum absolute atomic E-state index is 0.0673. The molecule has 0 saturated heterocycles. The Morgan fingerprint density at radius 1 is 0.950 bits per heavy atom. The summed E-state index contributed by atoms with van der Waals surface area (Å²) >= 11 is 12.5. The molecule has 0 aliphatic heterocycles. The quantitative estimate of drug-likeness (QED) is 0.859. The smallest absolute Gasteiger partial charge is 0.0453 e. The Bertz CT molecular complexity index is 559. The molecule has 1 atom stereocenters. The topological polar surface area (TPSA) is 26.0 Å². The van der Waals surface area contributed by atoms with Crippen molar-refractivity contribution in [2.75, 3.05) is 0 Å². The summed E-state index contributed by atoms with van der Waals surface area (Å²) in [5.74, 6) is 0. The lowest BCUT2D eigenvalue weighted by Crippen LogP contribution is -2.42. The first-order valence-corrected chi connectivity index (χ1v) is 7.42. The number of benzene rings is 2. The van der Waals surface area contributed by atoms with Crippen LogP contribution in [0.2, 0.25) is 10.0 Å². The van der Waals surface area contributed by atoms with Crippen molar-refractivity contribution in [2.45, 2.75) is 31.7 Å². The molecular formula is C17H19Cl2N. The van der Waals surface area contributed by atoms with Crippen LogP contribution in [0.3, 0.4) is 0 Å². The molecule has 2 N–H and O–H groups in total. The van der Waals surface area contributed by atoms with Crippen LogP contribution in [-0.2, 0) is 11.8 Å². The second-order valence-electron chi connectivity index (χ2n) is 5.60. The van der Waals surface area contributed by atoms with Crippen LogP contribution >= 0.6 is 23.2 Å². The highest BCUT2D eigenvalue weighted by Crippen LogP contribution is 2.31. The van der Waals surface area contributed by atoms with Gasteiger partial charge in [0, 0.05) is 21.5 Å². The van der Waals surface area contributed by atoms with E-state index in [9.17, 15) is 0 Å². The Labute approximate surface area is 130 Å². The van der Waals surface area contributed by atoms with E-state index in [1.54, 1.807) is 0 Å². The van der Waals surface area contributed by atoms with Crippen molar-refractivity contribution in [1.29, 1.82) is 0 Å². The number of rotatable bonds is 4. The number of hydrogen-bond donors (Lipinski definition) is 1. The molecule has 0 fully saturated rings. The molecular weight excluding hydrogens is 289 g/mol. The minimum Gasteiger partial charge on any atom is -0.327 e. The van der Waals surface area contributed by atoms with E-state index in [2.05, 4.69) is 26.0 Å². The van der Waals surface area contributed by atoms with Crippen LogP contribution in [0.15, 0.2) is 48.5 Å². The van der Waals surface area contributed by atoms with E-state index in [0.717, 1.165) is 5.56 Å². The van der Waals surface area contributed by atoms with E-state index in [1.165, 1.54) is 5.56 Å². The third kappa shape index (κ3) is 3.17. The first-order chi connectivity index (χ1) is 9.43. The van der Waals surface area contributed by atoms with Gasteiger partial charge in [0.05, 0.1) is 0 Å². The average molecular weight is 308 g/mol. The number of hydrogen-bond acceptors (Lipinski definition) is 1. The van der Waals surface area contributed by atoms with Gasteiger partial charge in [-0.05, 0) is 29.7 Å². The van der Waals surface area contributed by atoms with Crippen molar-refractivity contribution in [3.63, 3.8) is 0 Å². The molecule has 1 nitrogen and oxygen atoms in total. The number of halogens is 2. The summed E-state index contributed by atoms with van der Waals surface area (Å²) in [5, 5.41) is 1.36. The second-order valence-corrected chi connectivity index (χ2v) is 6.41. The van der Waals surface area contributed by atoms with E-state index >= 15 is 0 Å². The van der Waals surface area contributed by atoms with E-state index in [0.29, 0.717) is 16.5 Å². The molecule has 3 heteroatoms. The highest BCUT2D eigenvalue weighted by Gasteiger charge is 2.29. The second kappa shape index (κ2) is 6.17. The molecule has 0 aliphatic rings. The summed E-state index contributed by atoms with van der Waals surface area (Å²) in [5.41, 5.74) is 8.43. The van der Waals surface area contributed by atoms with Crippen molar-refractivity contribution in [1.82, 2.24) is 0 Å². The minimum atomic E-state index is -0.149. The van der Waals surface area contributed by atoms with Gasteiger partial charge in [-0.25, -0.2) is 0 Å². The Balaban J connectivity index is 2.26. The zero-order valence-corrected chi connectivity index (χ0v) is 13.2. The Morgan fingerprint density at radius 3 is 2.05 bits per heavy atom. The van der Waals surface area contributed by atoms with Crippen molar-refractivity contribution in [3.8, 4) is 0 Å². The largest absolute Gasteiger partial charge is 0.327 e. The molecule has 1 unspecified atom stereocenters. The predicted octanol–water partition coefficient (Wildman–Crippen LogP) is 4.84. The van der Waals surface area contributed by atoms with Gasteiger partial charge < -0.3 is 5.73 Å². The molecule has 2 aromatic carbocycles. The van der Waals surface area contributed by atoms with Crippen LogP contribution in [0.4, 0.5) is 0 Å². The molecule has 0 aliphatic carbocycles. The highest BCUT2D eigenvalue weighted by atomic mass is 35.5. The summed E-state index contributed by atoms with van der Waals surface area (Å²) in [6, 6.07) is 15.8. The molecule has 106 valence electrons. The van der Waals surface area contributed by atoms with Crippen molar-refractivity contribution >= 4 is 23.2 Å². The van der Waals surface area contributed by atoms with E-state index < -0.39 is 0 Å². The molecule has 0 radical (unpaired) electrons. The van der Waals surface area contributed by atoms with Gasteiger partial charge in [-0.1, -0.05) is 73.4 Å². The molecule has 0 saturated carbocycles. The first kappa shape index (κ1) is 15.4. The van der Waals surface area contributed by atoms with Crippen LogP contribution in [0.1, 0.15) is 25.0 Å². The Hall–Kier alpha value is -1.02. The van der Waals surface area contributed by atoms with Gasteiger partial charge in [0.25, 0.3) is 0 Å². The van der Waals surface area contributed by atoms with Crippen LogP contribution < -0.4 is 5.73 Å². The molecule has 0 spiro atoms. The SMILES string of the molecule is CC(C)(c1ccccc1)C(N)Cc1c(Cl)cccc1Cl. The van der Waals surface area contributed by atoms with Gasteiger partial charge in [0.1, 0.15) is 0 Å². The van der Waals surface area contributed by atoms with E-state index in [4.69, 9.17) is 28.9 Å². The van der Waals surface area contributed by atoms with Crippen LogP contribution in [-0.4, -0.2) is 6.04 Å². The van der Waals surface area contributed by atoms with Crippen molar-refractivity contribution in [2.24, 2.45) is 5.73 Å². The van der Waals surface area contributed by atoms with Gasteiger partial charge in [0.2, 0.25) is 0 Å². The molecule has 2 aromatic rings. The normalized spacial score (nSPS) is 13.2. The number of nitrogens with two attached hydrogens (primary N) is 1. The summed E-state index contributed by atoms with van der Waals surface area (Å²) in [7, 11) is 0. The molecule has 0 heterocycles. The lowest BCUT2D eigenvalue weighted by atomic mass is 9.76. The fourth-order valence-electron chi connectivity index (χ4n) is 2.28. The van der Waals surface area contributed by atoms with Gasteiger partial charge in [-0.15, -0.1) is 0 Å². The maximum atomic E-state index is 6.44. The molecule has 2 rings (SSSR count). The maximum Gasteiger partial charge on any atom is 0.0453 e.